The van der Waals surface area contributed by atoms with E-state index in [4.69, 9.17) is 4.74 Å². The molecule has 0 aliphatic heterocycles. The number of ether oxygens (including phenoxy) is 1. The molecular formula is C17H13N3O2. The lowest BCUT2D eigenvalue weighted by Gasteiger charge is -2.06. The number of nitrogens with one attached hydrogen (secondary N) is 1. The molecule has 0 atom stereocenters. The molecular weight excluding hydrogens is 278 g/mol. The zero-order valence-corrected chi connectivity index (χ0v) is 12.0. The number of fused-ring (bicyclic) bond motifs is 6. The first-order chi connectivity index (χ1) is 10.8. The summed E-state index contributed by atoms with van der Waals surface area (Å²) in [6.45, 7) is 2.11. The Morgan fingerprint density at radius 2 is 1.95 bits per heavy atom. The smallest absolute Gasteiger partial charge is 0.357 e. The highest BCUT2D eigenvalue weighted by atomic mass is 16.5. The van der Waals surface area contributed by atoms with Crippen LogP contribution in [-0.4, -0.2) is 27.8 Å². The number of carbonyl (C=O) groups is 1. The maximum Gasteiger partial charge on any atom is 0.357 e. The van der Waals surface area contributed by atoms with Crippen LogP contribution in [0.3, 0.4) is 0 Å². The number of nitrogens with zero attached hydrogens (tertiary/aromatic N) is 2. The first-order valence-electron chi connectivity index (χ1n) is 7.11. The largest absolute Gasteiger partial charge is 0.461 e. The van der Waals surface area contributed by atoms with Crippen molar-refractivity contribution in [3.05, 3.63) is 48.4 Å². The van der Waals surface area contributed by atoms with Crippen LogP contribution in [0.2, 0.25) is 0 Å². The van der Waals surface area contributed by atoms with E-state index in [9.17, 15) is 4.79 Å². The number of aromatic amines is 1. The number of pyridine rings is 1. The Balaban J connectivity index is 2.22. The van der Waals surface area contributed by atoms with Crippen molar-refractivity contribution in [3.63, 3.8) is 0 Å². The maximum atomic E-state index is 12.2. The van der Waals surface area contributed by atoms with Crippen molar-refractivity contribution in [2.45, 2.75) is 6.92 Å². The quantitative estimate of drug-likeness (QED) is 0.454. The zero-order valence-electron chi connectivity index (χ0n) is 12.0. The second-order valence-corrected chi connectivity index (χ2v) is 5.01. The minimum atomic E-state index is -0.390. The monoisotopic (exact) mass is 291 g/mol. The number of esters is 1. The van der Waals surface area contributed by atoms with Crippen LogP contribution in [0.25, 0.3) is 32.4 Å². The molecule has 0 fully saturated rings. The van der Waals surface area contributed by atoms with Gasteiger partial charge < -0.3 is 4.74 Å². The molecule has 0 unspecified atom stereocenters. The number of carbonyl (C=O) groups excluding carboxylic acids is 1. The molecule has 5 nitrogen and oxygen atoms in total. The molecule has 108 valence electrons. The standard InChI is InChI=1S/C17H13N3O2/c1-2-22-17(21)16-14-11-7-8-18-9-13(11)10-5-3-4-6-12(10)15(14)19-20-16/h3-9H,2H2,1H3,(H,19,20). The summed E-state index contributed by atoms with van der Waals surface area (Å²) in [5.74, 6) is -0.390. The third-order valence-electron chi connectivity index (χ3n) is 3.81. The minimum Gasteiger partial charge on any atom is -0.461 e. The van der Waals surface area contributed by atoms with Crippen LogP contribution >= 0.6 is 0 Å². The second kappa shape index (κ2) is 4.80. The van der Waals surface area contributed by atoms with Gasteiger partial charge in [-0.25, -0.2) is 4.79 Å². The van der Waals surface area contributed by atoms with Crippen molar-refractivity contribution in [2.75, 3.05) is 6.61 Å². The summed E-state index contributed by atoms with van der Waals surface area (Å²) in [5.41, 5.74) is 1.16. The Morgan fingerprint density at radius 3 is 2.77 bits per heavy atom. The van der Waals surface area contributed by atoms with Gasteiger partial charge in [0.2, 0.25) is 0 Å². The lowest BCUT2D eigenvalue weighted by molar-refractivity contribution is 0.0522. The minimum absolute atomic E-state index is 0.326. The molecule has 2 aromatic heterocycles. The first kappa shape index (κ1) is 12.8. The normalized spacial score (nSPS) is 11.3. The van der Waals surface area contributed by atoms with Gasteiger partial charge in [-0.2, -0.15) is 5.10 Å². The molecule has 0 aliphatic rings. The molecule has 2 heterocycles. The molecule has 22 heavy (non-hydrogen) atoms. The molecule has 0 saturated heterocycles. The number of aromatic nitrogens is 3. The van der Waals surface area contributed by atoms with Gasteiger partial charge in [0.25, 0.3) is 0 Å². The van der Waals surface area contributed by atoms with E-state index >= 15 is 0 Å². The van der Waals surface area contributed by atoms with Crippen molar-refractivity contribution in [1.82, 2.24) is 15.2 Å². The summed E-state index contributed by atoms with van der Waals surface area (Å²) in [6.07, 6.45) is 3.54. The number of hydrogen-bond acceptors (Lipinski definition) is 4. The number of benzene rings is 2. The predicted octanol–water partition coefficient (Wildman–Crippen LogP) is 3.44. The van der Waals surface area contributed by atoms with Gasteiger partial charge in [-0.05, 0) is 23.8 Å². The molecule has 1 N–H and O–H groups in total. The van der Waals surface area contributed by atoms with Crippen molar-refractivity contribution in [3.8, 4) is 0 Å². The lowest BCUT2D eigenvalue weighted by atomic mass is 9.98. The zero-order chi connectivity index (χ0) is 15.1. The van der Waals surface area contributed by atoms with E-state index in [2.05, 4.69) is 15.2 Å². The Hall–Kier alpha value is -2.95. The highest BCUT2D eigenvalue weighted by Crippen LogP contribution is 2.35. The Bertz CT molecular complexity index is 1020. The fraction of sp³-hybridized carbons (Fsp3) is 0.118. The molecule has 5 heteroatoms. The summed E-state index contributed by atoms with van der Waals surface area (Å²) in [7, 11) is 0. The van der Waals surface area contributed by atoms with E-state index < -0.39 is 5.97 Å². The molecule has 0 bridgehead atoms. The number of H-pyrrole nitrogens is 1. The molecule has 0 spiro atoms. The summed E-state index contributed by atoms with van der Waals surface area (Å²) < 4.78 is 5.13. The van der Waals surface area contributed by atoms with Gasteiger partial charge in [-0.1, -0.05) is 24.3 Å². The van der Waals surface area contributed by atoms with Crippen molar-refractivity contribution < 1.29 is 9.53 Å². The lowest BCUT2D eigenvalue weighted by Crippen LogP contribution is -2.05. The molecule has 2 aromatic carbocycles. The van der Waals surface area contributed by atoms with Gasteiger partial charge >= 0.3 is 5.97 Å². The topological polar surface area (TPSA) is 67.9 Å². The summed E-state index contributed by atoms with van der Waals surface area (Å²) in [4.78, 5) is 16.4. The van der Waals surface area contributed by atoms with Crippen LogP contribution in [0.4, 0.5) is 0 Å². The number of rotatable bonds is 2. The average molecular weight is 291 g/mol. The fourth-order valence-corrected chi connectivity index (χ4v) is 2.90. The predicted molar refractivity (Wildman–Crippen MR) is 84.9 cm³/mol. The van der Waals surface area contributed by atoms with E-state index in [0.717, 1.165) is 32.4 Å². The van der Waals surface area contributed by atoms with Crippen LogP contribution in [0.5, 0.6) is 0 Å². The second-order valence-electron chi connectivity index (χ2n) is 5.01. The Morgan fingerprint density at radius 1 is 1.14 bits per heavy atom. The van der Waals surface area contributed by atoms with Gasteiger partial charge in [0.15, 0.2) is 5.69 Å². The van der Waals surface area contributed by atoms with Crippen molar-refractivity contribution in [1.29, 1.82) is 0 Å². The third-order valence-corrected chi connectivity index (χ3v) is 3.81. The average Bonchev–Trinajstić information content (AvgIpc) is 3.01. The summed E-state index contributed by atoms with van der Waals surface area (Å²) >= 11 is 0. The molecule has 4 aromatic rings. The maximum absolute atomic E-state index is 12.2. The molecule has 0 aliphatic carbocycles. The molecule has 0 amide bonds. The van der Waals surface area contributed by atoms with Crippen LogP contribution in [-0.2, 0) is 4.74 Å². The van der Waals surface area contributed by atoms with Crippen molar-refractivity contribution >= 4 is 38.4 Å². The third kappa shape index (κ3) is 1.69. The van der Waals surface area contributed by atoms with Crippen molar-refractivity contribution in [2.24, 2.45) is 0 Å². The van der Waals surface area contributed by atoms with E-state index in [0.29, 0.717) is 12.3 Å². The van der Waals surface area contributed by atoms with Gasteiger partial charge in [-0.3, -0.25) is 10.1 Å². The fourth-order valence-electron chi connectivity index (χ4n) is 2.90. The van der Waals surface area contributed by atoms with E-state index in [1.807, 2.05) is 36.5 Å². The van der Waals surface area contributed by atoms with Gasteiger partial charge in [0.05, 0.1) is 6.61 Å². The SMILES string of the molecule is CCOC(=O)c1[nH]nc2c3ccccc3c3cnccc3c12. The van der Waals surface area contributed by atoms with Gasteiger partial charge in [0.1, 0.15) is 5.52 Å². The van der Waals surface area contributed by atoms with E-state index in [-0.39, 0.29) is 0 Å². The molecule has 0 saturated carbocycles. The molecule has 4 rings (SSSR count). The first-order valence-corrected chi connectivity index (χ1v) is 7.11. The van der Waals surface area contributed by atoms with E-state index in [1.54, 1.807) is 13.1 Å². The van der Waals surface area contributed by atoms with E-state index in [1.165, 1.54) is 0 Å². The van der Waals surface area contributed by atoms with Gasteiger partial charge in [0, 0.05) is 28.6 Å². The van der Waals surface area contributed by atoms with Gasteiger partial charge in [-0.15, -0.1) is 0 Å². The summed E-state index contributed by atoms with van der Waals surface area (Å²) in [6, 6.07) is 9.89. The Kier molecular flexibility index (Phi) is 2.79. The highest BCUT2D eigenvalue weighted by Gasteiger charge is 2.19. The van der Waals surface area contributed by atoms with Crippen LogP contribution in [0, 0.1) is 0 Å². The number of hydrogen-bond donors (Lipinski definition) is 1. The Labute approximate surface area is 125 Å². The molecule has 0 radical (unpaired) electrons. The van der Waals surface area contributed by atoms with Crippen LogP contribution in [0.1, 0.15) is 17.4 Å². The van der Waals surface area contributed by atoms with Crippen LogP contribution < -0.4 is 0 Å². The van der Waals surface area contributed by atoms with Crippen LogP contribution in [0.15, 0.2) is 42.7 Å². The summed E-state index contributed by atoms with van der Waals surface area (Å²) in [5, 5.41) is 12.0. The highest BCUT2D eigenvalue weighted by molar-refractivity contribution is 6.27.